The van der Waals surface area contributed by atoms with Crippen molar-refractivity contribution in [2.24, 2.45) is 0 Å². The van der Waals surface area contributed by atoms with Gasteiger partial charge in [-0.25, -0.2) is 14.5 Å². The third kappa shape index (κ3) is 3.02. The highest BCUT2D eigenvalue weighted by Gasteiger charge is 2.20. The van der Waals surface area contributed by atoms with E-state index in [0.717, 1.165) is 11.3 Å². The summed E-state index contributed by atoms with van der Waals surface area (Å²) in [6.07, 6.45) is 5.36. The molecule has 1 aromatic carbocycles. The van der Waals surface area contributed by atoms with Gasteiger partial charge < -0.3 is 13.9 Å². The van der Waals surface area contributed by atoms with Crippen LogP contribution in [0, 0.1) is 0 Å². The molecule has 130 valence electrons. The molecule has 7 nitrogen and oxygen atoms in total. The van der Waals surface area contributed by atoms with E-state index in [9.17, 15) is 4.79 Å². The molecular formula is C19H16N4O3. The molecule has 0 aliphatic rings. The minimum absolute atomic E-state index is 0.0574. The highest BCUT2D eigenvalue weighted by atomic mass is 16.5. The van der Waals surface area contributed by atoms with Gasteiger partial charge in [0.2, 0.25) is 5.69 Å². The highest BCUT2D eigenvalue weighted by Crippen LogP contribution is 2.20. The van der Waals surface area contributed by atoms with Crippen molar-refractivity contribution in [3.63, 3.8) is 0 Å². The molecular weight excluding hydrogens is 332 g/mol. The molecule has 3 aromatic heterocycles. The van der Waals surface area contributed by atoms with Gasteiger partial charge in [0.25, 0.3) is 0 Å². The molecule has 0 amide bonds. The maximum Gasteiger partial charge on any atom is 0.363 e. The number of nitrogens with zero attached hydrogens (tertiary/aromatic N) is 4. The van der Waals surface area contributed by atoms with Crippen LogP contribution in [-0.2, 0) is 11.3 Å². The summed E-state index contributed by atoms with van der Waals surface area (Å²) in [6, 6.07) is 15.2. The number of hydrogen-bond donors (Lipinski definition) is 0. The van der Waals surface area contributed by atoms with Crippen molar-refractivity contribution in [1.82, 2.24) is 19.2 Å². The summed E-state index contributed by atoms with van der Waals surface area (Å²) < 4.78 is 14.1. The van der Waals surface area contributed by atoms with E-state index in [1.54, 1.807) is 10.9 Å². The molecule has 0 saturated carbocycles. The number of benzene rings is 1. The topological polar surface area (TPSA) is 70.7 Å². The third-order valence-corrected chi connectivity index (χ3v) is 3.88. The largest absolute Gasteiger partial charge is 0.493 e. The molecule has 26 heavy (non-hydrogen) atoms. The number of aromatic nitrogens is 4. The second kappa shape index (κ2) is 6.72. The molecule has 4 aromatic rings. The predicted molar refractivity (Wildman–Crippen MR) is 94.4 cm³/mol. The lowest BCUT2D eigenvalue weighted by Gasteiger charge is -2.02. The van der Waals surface area contributed by atoms with Crippen molar-refractivity contribution >= 4 is 11.6 Å². The number of imidazole rings is 1. The number of fused-ring (bicyclic) bond motifs is 1. The number of rotatable bonds is 5. The Hall–Kier alpha value is -3.61. The molecule has 0 unspecified atom stereocenters. The second-order valence-corrected chi connectivity index (χ2v) is 5.60. The summed E-state index contributed by atoms with van der Waals surface area (Å²) in [5.41, 5.74) is 2.40. The number of carbonyl (C=O) groups excluding carboxylic acids is 1. The smallest absolute Gasteiger partial charge is 0.363 e. The third-order valence-electron chi connectivity index (χ3n) is 3.88. The number of pyridine rings is 1. The zero-order chi connectivity index (χ0) is 17.9. The quantitative estimate of drug-likeness (QED) is 0.519. The number of esters is 1. The summed E-state index contributed by atoms with van der Waals surface area (Å²) in [5.74, 6) is -0.206. The van der Waals surface area contributed by atoms with Crippen molar-refractivity contribution < 1.29 is 14.3 Å². The Morgan fingerprint density at radius 1 is 1.08 bits per heavy atom. The van der Waals surface area contributed by atoms with E-state index in [0.29, 0.717) is 11.4 Å². The van der Waals surface area contributed by atoms with Gasteiger partial charge in [0.15, 0.2) is 5.75 Å². The summed E-state index contributed by atoms with van der Waals surface area (Å²) in [6.45, 7) is 0.0574. The zero-order valence-electron chi connectivity index (χ0n) is 14.1. The molecule has 0 aliphatic heterocycles. The maximum absolute atomic E-state index is 12.4. The first-order valence-electron chi connectivity index (χ1n) is 8.03. The maximum atomic E-state index is 12.4. The van der Waals surface area contributed by atoms with Crippen LogP contribution in [0.25, 0.3) is 11.3 Å². The van der Waals surface area contributed by atoms with Gasteiger partial charge in [-0.1, -0.05) is 24.3 Å². The van der Waals surface area contributed by atoms with Gasteiger partial charge in [0.1, 0.15) is 12.3 Å². The van der Waals surface area contributed by atoms with Crippen LogP contribution in [0.3, 0.4) is 0 Å². The fourth-order valence-electron chi connectivity index (χ4n) is 2.63. The summed E-state index contributed by atoms with van der Waals surface area (Å²) in [5, 5.41) is 4.30. The van der Waals surface area contributed by atoms with Gasteiger partial charge in [-0.2, -0.15) is 5.10 Å². The number of para-hydroxylation sites is 1. The molecule has 0 fully saturated rings. The fraction of sp³-hybridized carbons (Fsp3) is 0.105. The first-order chi connectivity index (χ1) is 12.7. The number of carbonyl (C=O) groups is 1. The van der Waals surface area contributed by atoms with E-state index in [1.165, 1.54) is 7.11 Å². The van der Waals surface area contributed by atoms with Crippen LogP contribution in [0.2, 0.25) is 0 Å². The fourth-order valence-corrected chi connectivity index (χ4v) is 2.63. The molecule has 0 atom stereocenters. The molecule has 0 bridgehead atoms. The van der Waals surface area contributed by atoms with Crippen molar-refractivity contribution in [2.45, 2.75) is 6.61 Å². The molecule has 0 spiro atoms. The lowest BCUT2D eigenvalue weighted by molar-refractivity contribution is 0.0457. The predicted octanol–water partition coefficient (Wildman–Crippen LogP) is 2.89. The van der Waals surface area contributed by atoms with Crippen molar-refractivity contribution in [3.05, 3.63) is 78.5 Å². The van der Waals surface area contributed by atoms with Crippen molar-refractivity contribution in [1.29, 1.82) is 0 Å². The van der Waals surface area contributed by atoms with Crippen LogP contribution in [0.15, 0.2) is 67.1 Å². The molecule has 0 radical (unpaired) electrons. The van der Waals surface area contributed by atoms with E-state index in [1.807, 2.05) is 65.3 Å². The Balaban J connectivity index is 1.53. The molecule has 0 N–H and O–H groups in total. The Labute approximate surface area is 149 Å². The minimum atomic E-state index is -0.561. The van der Waals surface area contributed by atoms with E-state index < -0.39 is 5.97 Å². The van der Waals surface area contributed by atoms with Gasteiger partial charge in [-0.3, -0.25) is 0 Å². The van der Waals surface area contributed by atoms with E-state index in [-0.39, 0.29) is 12.3 Å². The van der Waals surface area contributed by atoms with Gasteiger partial charge >= 0.3 is 5.97 Å². The first-order valence-corrected chi connectivity index (χ1v) is 8.03. The molecule has 0 aliphatic carbocycles. The van der Waals surface area contributed by atoms with Gasteiger partial charge in [0.05, 0.1) is 24.7 Å². The van der Waals surface area contributed by atoms with Crippen molar-refractivity contribution in [3.8, 4) is 11.4 Å². The molecule has 3 heterocycles. The van der Waals surface area contributed by atoms with Crippen molar-refractivity contribution in [2.75, 3.05) is 7.11 Å². The van der Waals surface area contributed by atoms with Gasteiger partial charge in [-0.15, -0.1) is 0 Å². The Morgan fingerprint density at radius 2 is 1.88 bits per heavy atom. The van der Waals surface area contributed by atoms with Gasteiger partial charge in [-0.05, 0) is 24.3 Å². The van der Waals surface area contributed by atoms with E-state index >= 15 is 0 Å². The molecule has 0 saturated heterocycles. The van der Waals surface area contributed by atoms with Crippen LogP contribution in [0.4, 0.5) is 0 Å². The summed E-state index contributed by atoms with van der Waals surface area (Å²) in [4.78, 5) is 16.8. The normalized spacial score (nSPS) is 10.8. The Bertz CT molecular complexity index is 1020. The number of ether oxygens (including phenoxy) is 2. The average molecular weight is 348 g/mol. The van der Waals surface area contributed by atoms with Crippen LogP contribution in [-0.4, -0.2) is 32.2 Å². The zero-order valence-corrected chi connectivity index (χ0v) is 14.1. The average Bonchev–Trinajstić information content (AvgIpc) is 3.30. The lowest BCUT2D eigenvalue weighted by Crippen LogP contribution is -2.08. The van der Waals surface area contributed by atoms with Crippen LogP contribution in [0.5, 0.6) is 5.75 Å². The standard InChI is InChI=1S/C19H16N4O3/c1-25-16-12-23(15-7-3-2-4-8-15)21-18(16)19(24)26-13-14-11-22-10-6-5-9-17(22)20-14/h2-12H,13H2,1H3. The Kier molecular flexibility index (Phi) is 4.10. The van der Waals surface area contributed by atoms with Gasteiger partial charge in [0, 0.05) is 12.4 Å². The number of hydrogen-bond acceptors (Lipinski definition) is 5. The van der Waals surface area contributed by atoms with E-state index in [2.05, 4.69) is 10.1 Å². The minimum Gasteiger partial charge on any atom is -0.493 e. The van der Waals surface area contributed by atoms with Crippen LogP contribution in [0.1, 0.15) is 16.2 Å². The highest BCUT2D eigenvalue weighted by molar-refractivity contribution is 5.90. The Morgan fingerprint density at radius 3 is 2.65 bits per heavy atom. The molecule has 4 rings (SSSR count). The van der Waals surface area contributed by atoms with Crippen LogP contribution >= 0.6 is 0 Å². The number of methoxy groups -OCH3 is 1. The monoisotopic (exact) mass is 348 g/mol. The first kappa shape index (κ1) is 15.9. The SMILES string of the molecule is COc1cn(-c2ccccc2)nc1C(=O)OCc1cn2ccccc2n1. The summed E-state index contributed by atoms with van der Waals surface area (Å²) in [7, 11) is 1.49. The van der Waals surface area contributed by atoms with Crippen LogP contribution < -0.4 is 4.74 Å². The second-order valence-electron chi connectivity index (χ2n) is 5.60. The summed E-state index contributed by atoms with van der Waals surface area (Å²) >= 11 is 0. The van der Waals surface area contributed by atoms with E-state index in [4.69, 9.17) is 9.47 Å². The molecule has 7 heteroatoms. The lowest BCUT2D eigenvalue weighted by atomic mass is 10.3.